The highest BCUT2D eigenvalue weighted by Crippen LogP contribution is 2.31. The monoisotopic (exact) mass is 281 g/mol. The first-order chi connectivity index (χ1) is 10.2. The Morgan fingerprint density at radius 3 is 2.52 bits per heavy atom. The van der Waals surface area contributed by atoms with Crippen LogP contribution >= 0.6 is 0 Å². The minimum Gasteiger partial charge on any atom is -0.497 e. The highest BCUT2D eigenvalue weighted by Gasteiger charge is 2.17. The molecule has 0 aliphatic carbocycles. The SMILES string of the molecule is COC(=O)c1ccc(C2=Nc3ccc(OC)cc3C2)cc1. The van der Waals surface area contributed by atoms with Crippen LogP contribution in [0.2, 0.25) is 0 Å². The fourth-order valence-corrected chi connectivity index (χ4v) is 2.39. The van der Waals surface area contributed by atoms with Gasteiger partial charge in [0.25, 0.3) is 0 Å². The van der Waals surface area contributed by atoms with Gasteiger partial charge in [-0.3, -0.25) is 4.99 Å². The minimum absolute atomic E-state index is 0.331. The Morgan fingerprint density at radius 2 is 1.86 bits per heavy atom. The average Bonchev–Trinajstić information content (AvgIpc) is 2.97. The van der Waals surface area contributed by atoms with Gasteiger partial charge in [0.2, 0.25) is 0 Å². The van der Waals surface area contributed by atoms with E-state index in [-0.39, 0.29) is 5.97 Å². The van der Waals surface area contributed by atoms with Crippen molar-refractivity contribution in [1.82, 2.24) is 0 Å². The summed E-state index contributed by atoms with van der Waals surface area (Å²) in [4.78, 5) is 16.1. The molecule has 1 heterocycles. The highest BCUT2D eigenvalue weighted by atomic mass is 16.5. The van der Waals surface area contributed by atoms with E-state index in [0.29, 0.717) is 5.56 Å². The highest BCUT2D eigenvalue weighted by molar-refractivity contribution is 6.07. The average molecular weight is 281 g/mol. The van der Waals surface area contributed by atoms with Crippen molar-refractivity contribution in [2.75, 3.05) is 14.2 Å². The smallest absolute Gasteiger partial charge is 0.337 e. The normalized spacial score (nSPS) is 12.6. The minimum atomic E-state index is -0.331. The van der Waals surface area contributed by atoms with Gasteiger partial charge in [0.05, 0.1) is 31.2 Å². The van der Waals surface area contributed by atoms with Crippen LogP contribution in [0.3, 0.4) is 0 Å². The molecule has 0 radical (unpaired) electrons. The molecule has 0 saturated carbocycles. The molecule has 0 atom stereocenters. The molecular formula is C17H15NO3. The fourth-order valence-electron chi connectivity index (χ4n) is 2.39. The number of carbonyl (C=O) groups excluding carboxylic acids is 1. The molecule has 0 saturated heterocycles. The molecule has 0 unspecified atom stereocenters. The number of benzene rings is 2. The molecule has 0 N–H and O–H groups in total. The van der Waals surface area contributed by atoms with Crippen LogP contribution in [0.4, 0.5) is 5.69 Å². The molecule has 4 heteroatoms. The van der Waals surface area contributed by atoms with E-state index in [1.54, 1.807) is 19.2 Å². The van der Waals surface area contributed by atoms with Crippen molar-refractivity contribution in [1.29, 1.82) is 0 Å². The van der Waals surface area contributed by atoms with Crippen LogP contribution in [0.15, 0.2) is 47.5 Å². The van der Waals surface area contributed by atoms with Crippen molar-refractivity contribution >= 4 is 17.4 Å². The number of hydrogen-bond donors (Lipinski definition) is 0. The largest absolute Gasteiger partial charge is 0.497 e. The number of esters is 1. The van der Waals surface area contributed by atoms with Gasteiger partial charge in [-0.05, 0) is 41.5 Å². The van der Waals surface area contributed by atoms with Crippen LogP contribution in [-0.2, 0) is 11.2 Å². The number of rotatable bonds is 3. The maximum absolute atomic E-state index is 11.4. The first-order valence-electron chi connectivity index (χ1n) is 6.64. The molecule has 106 valence electrons. The third-order valence-electron chi connectivity index (χ3n) is 3.54. The summed E-state index contributed by atoms with van der Waals surface area (Å²) in [7, 11) is 3.03. The van der Waals surface area contributed by atoms with Gasteiger partial charge in [-0.15, -0.1) is 0 Å². The predicted octanol–water partition coefficient (Wildman–Crippen LogP) is 3.16. The van der Waals surface area contributed by atoms with Gasteiger partial charge < -0.3 is 9.47 Å². The van der Waals surface area contributed by atoms with Crippen LogP contribution in [0.25, 0.3) is 0 Å². The summed E-state index contributed by atoms with van der Waals surface area (Å²) >= 11 is 0. The van der Waals surface area contributed by atoms with Crippen LogP contribution in [-0.4, -0.2) is 25.9 Å². The second-order valence-electron chi connectivity index (χ2n) is 4.80. The van der Waals surface area contributed by atoms with Crippen molar-refractivity contribution in [2.24, 2.45) is 4.99 Å². The van der Waals surface area contributed by atoms with Gasteiger partial charge in [-0.1, -0.05) is 12.1 Å². The van der Waals surface area contributed by atoms with Crippen molar-refractivity contribution in [3.63, 3.8) is 0 Å². The van der Waals surface area contributed by atoms with Crippen molar-refractivity contribution in [3.05, 3.63) is 59.2 Å². The number of hydrogen-bond acceptors (Lipinski definition) is 4. The van der Waals surface area contributed by atoms with E-state index in [1.165, 1.54) is 7.11 Å². The van der Waals surface area contributed by atoms with Crippen LogP contribution in [0.5, 0.6) is 5.75 Å². The zero-order valence-corrected chi connectivity index (χ0v) is 11.9. The quantitative estimate of drug-likeness (QED) is 0.812. The lowest BCUT2D eigenvalue weighted by atomic mass is 10.0. The number of ether oxygens (including phenoxy) is 2. The second kappa shape index (κ2) is 5.40. The molecule has 0 bridgehead atoms. The standard InChI is InChI=1S/C17H15NO3/c1-20-14-7-8-15-13(9-14)10-16(18-15)11-3-5-12(6-4-11)17(19)21-2/h3-9H,10H2,1-2H3. The third-order valence-corrected chi connectivity index (χ3v) is 3.54. The molecule has 1 aliphatic heterocycles. The van der Waals surface area contributed by atoms with Gasteiger partial charge in [-0.2, -0.15) is 0 Å². The third kappa shape index (κ3) is 2.52. The number of nitrogens with zero attached hydrogens (tertiary/aromatic N) is 1. The number of methoxy groups -OCH3 is 2. The van der Waals surface area contributed by atoms with E-state index in [4.69, 9.17) is 9.47 Å². The topological polar surface area (TPSA) is 47.9 Å². The van der Waals surface area contributed by atoms with Gasteiger partial charge in [0.1, 0.15) is 5.75 Å². The van der Waals surface area contributed by atoms with Crippen molar-refractivity contribution in [3.8, 4) is 5.75 Å². The Morgan fingerprint density at radius 1 is 1.10 bits per heavy atom. The number of carbonyl (C=O) groups is 1. The second-order valence-corrected chi connectivity index (χ2v) is 4.80. The lowest BCUT2D eigenvalue weighted by Crippen LogP contribution is -2.04. The van der Waals surface area contributed by atoms with E-state index in [2.05, 4.69) is 4.99 Å². The van der Waals surface area contributed by atoms with E-state index in [9.17, 15) is 4.79 Å². The molecule has 0 aromatic heterocycles. The Hall–Kier alpha value is -2.62. The van der Waals surface area contributed by atoms with E-state index in [0.717, 1.165) is 34.7 Å². The summed E-state index contributed by atoms with van der Waals surface area (Å²) in [6.45, 7) is 0. The first-order valence-corrected chi connectivity index (χ1v) is 6.64. The summed E-state index contributed by atoms with van der Waals surface area (Å²) in [6.07, 6.45) is 0.768. The Balaban J connectivity index is 1.85. The predicted molar refractivity (Wildman–Crippen MR) is 80.7 cm³/mol. The molecule has 2 aromatic carbocycles. The molecular weight excluding hydrogens is 266 g/mol. The Bertz CT molecular complexity index is 717. The van der Waals surface area contributed by atoms with Gasteiger partial charge >= 0.3 is 5.97 Å². The summed E-state index contributed by atoms with van der Waals surface area (Å²) in [5.74, 6) is 0.508. The molecule has 0 amide bonds. The molecule has 4 nitrogen and oxygen atoms in total. The maximum Gasteiger partial charge on any atom is 0.337 e. The summed E-state index contributed by atoms with van der Waals surface area (Å²) < 4.78 is 9.93. The number of fused-ring (bicyclic) bond motifs is 1. The first kappa shape index (κ1) is 13.4. The lowest BCUT2D eigenvalue weighted by molar-refractivity contribution is 0.0600. The zero-order chi connectivity index (χ0) is 14.8. The summed E-state index contributed by atoms with van der Waals surface area (Å²) in [5, 5.41) is 0. The number of aliphatic imine (C=N–C) groups is 1. The van der Waals surface area contributed by atoms with Gasteiger partial charge in [0.15, 0.2) is 0 Å². The molecule has 3 rings (SSSR count). The van der Waals surface area contributed by atoms with E-state index in [1.807, 2.05) is 30.3 Å². The molecule has 0 fully saturated rings. The summed E-state index contributed by atoms with van der Waals surface area (Å²) in [6, 6.07) is 13.2. The van der Waals surface area contributed by atoms with Crippen LogP contribution < -0.4 is 4.74 Å². The molecule has 21 heavy (non-hydrogen) atoms. The zero-order valence-electron chi connectivity index (χ0n) is 11.9. The molecule has 1 aliphatic rings. The molecule has 2 aromatic rings. The van der Waals surface area contributed by atoms with E-state index >= 15 is 0 Å². The molecule has 0 spiro atoms. The van der Waals surface area contributed by atoms with Crippen LogP contribution in [0.1, 0.15) is 21.5 Å². The van der Waals surface area contributed by atoms with Crippen LogP contribution in [0, 0.1) is 0 Å². The Kier molecular flexibility index (Phi) is 3.44. The van der Waals surface area contributed by atoms with Gasteiger partial charge in [-0.25, -0.2) is 4.79 Å². The maximum atomic E-state index is 11.4. The fraction of sp³-hybridized carbons (Fsp3) is 0.176. The van der Waals surface area contributed by atoms with Gasteiger partial charge in [0, 0.05) is 6.42 Å². The van der Waals surface area contributed by atoms with Crippen molar-refractivity contribution in [2.45, 2.75) is 6.42 Å². The lowest BCUT2D eigenvalue weighted by Gasteiger charge is -2.03. The Labute approximate surface area is 123 Å². The summed E-state index contributed by atoms with van der Waals surface area (Å²) in [5.41, 5.74) is 4.68. The van der Waals surface area contributed by atoms with Crippen molar-refractivity contribution < 1.29 is 14.3 Å². The van der Waals surface area contributed by atoms with E-state index < -0.39 is 0 Å².